The first-order valence-electron chi connectivity index (χ1n) is 6.38. The Morgan fingerprint density at radius 3 is 2.89 bits per heavy atom. The quantitative estimate of drug-likeness (QED) is 0.871. The Morgan fingerprint density at radius 2 is 2.22 bits per heavy atom. The van der Waals surface area contributed by atoms with Crippen LogP contribution in [-0.4, -0.2) is 14.8 Å². The summed E-state index contributed by atoms with van der Waals surface area (Å²) in [5, 5.41) is 13.7. The van der Waals surface area contributed by atoms with Crippen LogP contribution < -0.4 is 5.32 Å². The first kappa shape index (κ1) is 13.1. The lowest BCUT2D eigenvalue weighted by Crippen LogP contribution is -1.98. The maximum absolute atomic E-state index is 4.19. The van der Waals surface area contributed by atoms with E-state index in [0.29, 0.717) is 5.92 Å². The second-order valence-corrected chi connectivity index (χ2v) is 5.86. The van der Waals surface area contributed by atoms with Crippen LogP contribution in [0.1, 0.15) is 31.3 Å². The monoisotopic (exact) mass is 264 g/mol. The molecule has 0 amide bonds. The predicted molar refractivity (Wildman–Crippen MR) is 75.9 cm³/mol. The molecule has 0 aliphatic carbocycles. The third-order valence-corrected chi connectivity index (χ3v) is 3.57. The zero-order chi connectivity index (χ0) is 13.0. The average Bonchev–Trinajstić information content (AvgIpc) is 2.94. The van der Waals surface area contributed by atoms with Crippen molar-refractivity contribution < 1.29 is 0 Å². The molecule has 0 radical (unpaired) electrons. The number of anilines is 1. The van der Waals surface area contributed by atoms with Gasteiger partial charge in [0.1, 0.15) is 5.01 Å². The highest BCUT2D eigenvalue weighted by Crippen LogP contribution is 2.18. The van der Waals surface area contributed by atoms with Crippen LogP contribution in [0.3, 0.4) is 0 Å². The lowest BCUT2D eigenvalue weighted by molar-refractivity contribution is 0.640. The zero-order valence-corrected chi connectivity index (χ0v) is 12.0. The molecule has 0 aromatic carbocycles. The number of hydrogen-bond donors (Lipinski definition) is 1. The summed E-state index contributed by atoms with van der Waals surface area (Å²) < 4.78 is 2.17. The Bertz CT molecular complexity index is 487. The fraction of sp³-hybridized carbons (Fsp3) is 0.538. The van der Waals surface area contributed by atoms with Gasteiger partial charge in [0.25, 0.3) is 0 Å². The Morgan fingerprint density at radius 1 is 1.39 bits per heavy atom. The van der Waals surface area contributed by atoms with E-state index in [2.05, 4.69) is 59.3 Å². The molecular formula is C13H20N4S. The number of nitrogens with one attached hydrogen (secondary N) is 1. The molecule has 0 saturated carbocycles. The molecule has 2 rings (SSSR count). The van der Waals surface area contributed by atoms with Gasteiger partial charge in [-0.3, -0.25) is 0 Å². The largest absolute Gasteiger partial charge is 0.356 e. The molecule has 98 valence electrons. The smallest absolute Gasteiger partial charge is 0.205 e. The van der Waals surface area contributed by atoms with E-state index in [-0.39, 0.29) is 0 Å². The van der Waals surface area contributed by atoms with Crippen molar-refractivity contribution in [1.29, 1.82) is 0 Å². The highest BCUT2D eigenvalue weighted by atomic mass is 32.1. The molecule has 4 nitrogen and oxygen atoms in total. The summed E-state index contributed by atoms with van der Waals surface area (Å²) in [5.74, 6) is 0.629. The van der Waals surface area contributed by atoms with Crippen LogP contribution in [-0.2, 0) is 19.5 Å². The van der Waals surface area contributed by atoms with Crippen LogP contribution in [0, 0.1) is 5.92 Å². The summed E-state index contributed by atoms with van der Waals surface area (Å²) in [5.41, 5.74) is 1.28. The molecule has 2 aromatic rings. The molecular weight excluding hydrogens is 244 g/mol. The van der Waals surface area contributed by atoms with Crippen LogP contribution >= 0.6 is 11.3 Å². The van der Waals surface area contributed by atoms with Gasteiger partial charge in [0, 0.05) is 31.9 Å². The van der Waals surface area contributed by atoms with Crippen molar-refractivity contribution in [2.75, 3.05) is 5.32 Å². The minimum absolute atomic E-state index is 0.629. The van der Waals surface area contributed by atoms with Crippen molar-refractivity contribution in [1.82, 2.24) is 14.8 Å². The number of hydrogen-bond acceptors (Lipinski definition) is 4. The van der Waals surface area contributed by atoms with E-state index in [1.165, 1.54) is 5.56 Å². The van der Waals surface area contributed by atoms with Gasteiger partial charge >= 0.3 is 0 Å². The summed E-state index contributed by atoms with van der Waals surface area (Å²) in [6.07, 6.45) is 5.26. The van der Waals surface area contributed by atoms with Gasteiger partial charge in [0.15, 0.2) is 0 Å². The summed E-state index contributed by atoms with van der Waals surface area (Å²) in [7, 11) is 0. The lowest BCUT2D eigenvalue weighted by atomic mass is 10.1. The van der Waals surface area contributed by atoms with E-state index >= 15 is 0 Å². The van der Waals surface area contributed by atoms with Crippen LogP contribution in [0.2, 0.25) is 0 Å². The standard InChI is InChI=1S/C13H20N4S/c1-4-17-6-5-11(9-17)8-14-13-16-15-12(18-13)7-10(2)3/h5-6,9-10H,4,7-8H2,1-3H3,(H,14,16). The molecule has 0 aliphatic heterocycles. The second-order valence-electron chi connectivity index (χ2n) is 4.80. The van der Waals surface area contributed by atoms with Gasteiger partial charge in [-0.05, 0) is 24.5 Å². The van der Waals surface area contributed by atoms with Crippen molar-refractivity contribution in [3.63, 3.8) is 0 Å². The van der Waals surface area contributed by atoms with Crippen LogP contribution in [0.4, 0.5) is 5.13 Å². The normalized spacial score (nSPS) is 11.1. The van der Waals surface area contributed by atoms with Crippen LogP contribution in [0.5, 0.6) is 0 Å². The summed E-state index contributed by atoms with van der Waals surface area (Å²) in [6, 6.07) is 2.13. The highest BCUT2D eigenvalue weighted by molar-refractivity contribution is 7.15. The van der Waals surface area contributed by atoms with Crippen LogP contribution in [0.15, 0.2) is 18.5 Å². The van der Waals surface area contributed by atoms with Gasteiger partial charge in [-0.2, -0.15) is 0 Å². The Hall–Kier alpha value is -1.36. The zero-order valence-electron chi connectivity index (χ0n) is 11.2. The van der Waals surface area contributed by atoms with Gasteiger partial charge in [-0.1, -0.05) is 25.2 Å². The lowest BCUT2D eigenvalue weighted by Gasteiger charge is -1.99. The number of aryl methyl sites for hydroxylation is 1. The maximum atomic E-state index is 4.19. The Kier molecular flexibility index (Phi) is 4.36. The molecule has 0 fully saturated rings. The molecule has 1 N–H and O–H groups in total. The molecule has 0 atom stereocenters. The summed E-state index contributed by atoms with van der Waals surface area (Å²) >= 11 is 1.65. The van der Waals surface area contributed by atoms with E-state index in [0.717, 1.165) is 29.6 Å². The topological polar surface area (TPSA) is 42.7 Å². The first-order chi connectivity index (χ1) is 8.67. The number of rotatable bonds is 6. The van der Waals surface area contributed by atoms with E-state index in [4.69, 9.17) is 0 Å². The van der Waals surface area contributed by atoms with Crippen molar-refractivity contribution in [2.24, 2.45) is 5.92 Å². The summed E-state index contributed by atoms with van der Waals surface area (Å²) in [6.45, 7) is 8.35. The molecule has 0 bridgehead atoms. The third kappa shape index (κ3) is 3.57. The number of aromatic nitrogens is 3. The van der Waals surface area contributed by atoms with Crippen molar-refractivity contribution in [2.45, 2.75) is 40.3 Å². The third-order valence-electron chi connectivity index (χ3n) is 2.67. The molecule has 0 spiro atoms. The summed E-state index contributed by atoms with van der Waals surface area (Å²) in [4.78, 5) is 0. The van der Waals surface area contributed by atoms with Gasteiger partial charge in [-0.15, -0.1) is 10.2 Å². The molecule has 18 heavy (non-hydrogen) atoms. The van der Waals surface area contributed by atoms with E-state index in [9.17, 15) is 0 Å². The fourth-order valence-corrected chi connectivity index (χ4v) is 2.67. The minimum atomic E-state index is 0.629. The SMILES string of the molecule is CCn1ccc(CNc2nnc(CC(C)C)s2)c1. The molecule has 0 saturated heterocycles. The van der Waals surface area contributed by atoms with E-state index in [1.54, 1.807) is 11.3 Å². The van der Waals surface area contributed by atoms with Crippen molar-refractivity contribution in [3.8, 4) is 0 Å². The molecule has 5 heteroatoms. The molecule has 0 aliphatic rings. The van der Waals surface area contributed by atoms with Gasteiger partial charge in [0.2, 0.25) is 5.13 Å². The van der Waals surface area contributed by atoms with Crippen molar-refractivity contribution >= 4 is 16.5 Å². The molecule has 0 unspecified atom stereocenters. The van der Waals surface area contributed by atoms with Gasteiger partial charge in [0.05, 0.1) is 0 Å². The van der Waals surface area contributed by atoms with Crippen LogP contribution in [0.25, 0.3) is 0 Å². The average molecular weight is 264 g/mol. The van der Waals surface area contributed by atoms with Crippen molar-refractivity contribution in [3.05, 3.63) is 29.0 Å². The number of nitrogens with zero attached hydrogens (tertiary/aromatic N) is 3. The van der Waals surface area contributed by atoms with E-state index < -0.39 is 0 Å². The van der Waals surface area contributed by atoms with Gasteiger partial charge in [-0.25, -0.2) is 0 Å². The van der Waals surface area contributed by atoms with E-state index in [1.807, 2.05) is 0 Å². The maximum Gasteiger partial charge on any atom is 0.205 e. The molecule has 2 aromatic heterocycles. The second kappa shape index (κ2) is 6.00. The Labute approximate surface area is 112 Å². The minimum Gasteiger partial charge on any atom is -0.356 e. The van der Waals surface area contributed by atoms with Gasteiger partial charge < -0.3 is 9.88 Å². The predicted octanol–water partition coefficient (Wildman–Crippen LogP) is 3.17. The molecule has 2 heterocycles. The Balaban J connectivity index is 1.87. The highest BCUT2D eigenvalue weighted by Gasteiger charge is 2.06. The first-order valence-corrected chi connectivity index (χ1v) is 7.20. The fourth-order valence-electron chi connectivity index (χ4n) is 1.73.